The SMILES string of the molecule is Cc1cnn(-c2cc(N)ccc2C)c1. The molecule has 1 aromatic heterocycles. The van der Waals surface area contributed by atoms with Crippen LogP contribution in [0.15, 0.2) is 30.6 Å². The maximum absolute atomic E-state index is 5.73. The molecule has 0 saturated heterocycles. The summed E-state index contributed by atoms with van der Waals surface area (Å²) in [6.45, 7) is 4.07. The lowest BCUT2D eigenvalue weighted by atomic mass is 10.2. The second kappa shape index (κ2) is 3.18. The van der Waals surface area contributed by atoms with Gasteiger partial charge in [-0.05, 0) is 37.1 Å². The van der Waals surface area contributed by atoms with E-state index in [1.807, 2.05) is 49.1 Å². The standard InChI is InChI=1S/C11H13N3/c1-8-6-13-14(7-8)11-5-10(12)4-3-9(11)2/h3-7H,12H2,1-2H3. The highest BCUT2D eigenvalue weighted by atomic mass is 15.3. The van der Waals surface area contributed by atoms with Crippen molar-refractivity contribution in [1.29, 1.82) is 0 Å². The molecule has 2 N–H and O–H groups in total. The number of benzene rings is 1. The second-order valence-corrected chi connectivity index (χ2v) is 3.51. The third kappa shape index (κ3) is 1.48. The summed E-state index contributed by atoms with van der Waals surface area (Å²) in [4.78, 5) is 0. The van der Waals surface area contributed by atoms with Crippen LogP contribution in [0.4, 0.5) is 5.69 Å². The van der Waals surface area contributed by atoms with Crippen LogP contribution in [0.25, 0.3) is 5.69 Å². The lowest BCUT2D eigenvalue weighted by molar-refractivity contribution is 0.873. The van der Waals surface area contributed by atoms with E-state index in [1.165, 1.54) is 5.56 Å². The van der Waals surface area contributed by atoms with E-state index in [0.29, 0.717) is 0 Å². The minimum absolute atomic E-state index is 0.763. The molecule has 0 spiro atoms. The van der Waals surface area contributed by atoms with Crippen molar-refractivity contribution in [3.05, 3.63) is 41.7 Å². The van der Waals surface area contributed by atoms with Gasteiger partial charge in [0.1, 0.15) is 0 Å². The summed E-state index contributed by atoms with van der Waals surface area (Å²) in [5.41, 5.74) is 9.85. The number of aromatic nitrogens is 2. The maximum atomic E-state index is 5.73. The molecule has 2 aromatic rings. The highest BCUT2D eigenvalue weighted by Gasteiger charge is 2.02. The van der Waals surface area contributed by atoms with Gasteiger partial charge in [0, 0.05) is 11.9 Å². The van der Waals surface area contributed by atoms with E-state index in [1.54, 1.807) is 0 Å². The van der Waals surface area contributed by atoms with Gasteiger partial charge in [0.15, 0.2) is 0 Å². The molecule has 0 aliphatic carbocycles. The molecular weight excluding hydrogens is 174 g/mol. The lowest BCUT2D eigenvalue weighted by Gasteiger charge is -2.06. The van der Waals surface area contributed by atoms with Gasteiger partial charge in [0.25, 0.3) is 0 Å². The first-order valence-electron chi connectivity index (χ1n) is 4.54. The number of nitrogens with two attached hydrogens (primary N) is 1. The molecule has 14 heavy (non-hydrogen) atoms. The predicted molar refractivity (Wildman–Crippen MR) is 57.5 cm³/mol. The summed E-state index contributed by atoms with van der Waals surface area (Å²) in [5, 5.41) is 4.25. The van der Waals surface area contributed by atoms with Gasteiger partial charge >= 0.3 is 0 Å². The Bertz CT molecular complexity index is 457. The van der Waals surface area contributed by atoms with Gasteiger partial charge in [-0.15, -0.1) is 0 Å². The van der Waals surface area contributed by atoms with Crippen molar-refractivity contribution in [3.8, 4) is 5.69 Å². The number of aryl methyl sites for hydroxylation is 2. The van der Waals surface area contributed by atoms with Crippen molar-refractivity contribution in [2.75, 3.05) is 5.73 Å². The summed E-state index contributed by atoms with van der Waals surface area (Å²) in [7, 11) is 0. The van der Waals surface area contributed by atoms with Gasteiger partial charge in [-0.1, -0.05) is 6.07 Å². The van der Waals surface area contributed by atoms with Crippen LogP contribution < -0.4 is 5.73 Å². The molecule has 0 radical (unpaired) electrons. The Morgan fingerprint density at radius 1 is 1.29 bits per heavy atom. The lowest BCUT2D eigenvalue weighted by Crippen LogP contribution is -1.98. The van der Waals surface area contributed by atoms with Crippen molar-refractivity contribution in [3.63, 3.8) is 0 Å². The molecule has 0 aliphatic rings. The molecule has 72 valence electrons. The van der Waals surface area contributed by atoms with Crippen LogP contribution in [-0.4, -0.2) is 9.78 Å². The fraction of sp³-hybridized carbons (Fsp3) is 0.182. The van der Waals surface area contributed by atoms with Gasteiger partial charge in [0.05, 0.1) is 11.9 Å². The molecule has 0 fully saturated rings. The number of nitrogens with zero attached hydrogens (tertiary/aromatic N) is 2. The largest absolute Gasteiger partial charge is 0.399 e. The van der Waals surface area contributed by atoms with Crippen LogP contribution in [-0.2, 0) is 0 Å². The van der Waals surface area contributed by atoms with Crippen LogP contribution in [0.1, 0.15) is 11.1 Å². The average molecular weight is 187 g/mol. The van der Waals surface area contributed by atoms with E-state index in [2.05, 4.69) is 5.10 Å². The summed E-state index contributed by atoms with van der Waals surface area (Å²) >= 11 is 0. The van der Waals surface area contributed by atoms with Crippen molar-refractivity contribution in [2.45, 2.75) is 13.8 Å². The van der Waals surface area contributed by atoms with Crippen molar-refractivity contribution in [1.82, 2.24) is 9.78 Å². The van der Waals surface area contributed by atoms with E-state index >= 15 is 0 Å². The predicted octanol–water partition coefficient (Wildman–Crippen LogP) is 2.07. The Kier molecular flexibility index (Phi) is 2.00. The molecule has 1 aromatic carbocycles. The first-order valence-corrected chi connectivity index (χ1v) is 4.54. The monoisotopic (exact) mass is 187 g/mol. The Hall–Kier alpha value is -1.77. The maximum Gasteiger partial charge on any atom is 0.0695 e. The molecule has 2 rings (SSSR count). The van der Waals surface area contributed by atoms with E-state index in [-0.39, 0.29) is 0 Å². The molecule has 3 nitrogen and oxygen atoms in total. The Labute approximate surface area is 83.2 Å². The fourth-order valence-electron chi connectivity index (χ4n) is 1.42. The third-order valence-corrected chi connectivity index (χ3v) is 2.19. The number of rotatable bonds is 1. The molecule has 1 heterocycles. The zero-order chi connectivity index (χ0) is 10.1. The molecule has 3 heteroatoms. The van der Waals surface area contributed by atoms with Gasteiger partial charge in [-0.3, -0.25) is 0 Å². The molecule has 0 aliphatic heterocycles. The topological polar surface area (TPSA) is 43.8 Å². The van der Waals surface area contributed by atoms with E-state index < -0.39 is 0 Å². The zero-order valence-electron chi connectivity index (χ0n) is 8.36. The van der Waals surface area contributed by atoms with Gasteiger partial charge in [-0.25, -0.2) is 4.68 Å². The summed E-state index contributed by atoms with van der Waals surface area (Å²) < 4.78 is 1.85. The van der Waals surface area contributed by atoms with E-state index in [4.69, 9.17) is 5.73 Å². The van der Waals surface area contributed by atoms with Crippen LogP contribution in [0, 0.1) is 13.8 Å². The molecular formula is C11H13N3. The highest BCUT2D eigenvalue weighted by molar-refractivity contribution is 5.51. The minimum atomic E-state index is 0.763. The smallest absolute Gasteiger partial charge is 0.0695 e. The van der Waals surface area contributed by atoms with Gasteiger partial charge in [0.2, 0.25) is 0 Å². The first kappa shape index (κ1) is 8.81. The van der Waals surface area contributed by atoms with Crippen LogP contribution >= 0.6 is 0 Å². The zero-order valence-corrected chi connectivity index (χ0v) is 8.36. The fourth-order valence-corrected chi connectivity index (χ4v) is 1.42. The molecule has 0 atom stereocenters. The van der Waals surface area contributed by atoms with Crippen molar-refractivity contribution >= 4 is 5.69 Å². The molecule has 0 saturated carbocycles. The minimum Gasteiger partial charge on any atom is -0.399 e. The number of hydrogen-bond acceptors (Lipinski definition) is 2. The molecule has 0 bridgehead atoms. The Morgan fingerprint density at radius 3 is 2.71 bits per heavy atom. The Balaban J connectivity index is 2.55. The van der Waals surface area contributed by atoms with Crippen molar-refractivity contribution < 1.29 is 0 Å². The molecule has 0 amide bonds. The molecule has 0 unspecified atom stereocenters. The highest BCUT2D eigenvalue weighted by Crippen LogP contribution is 2.16. The van der Waals surface area contributed by atoms with Crippen LogP contribution in [0.5, 0.6) is 0 Å². The summed E-state index contributed by atoms with van der Waals surface area (Å²) in [6, 6.07) is 5.83. The van der Waals surface area contributed by atoms with E-state index in [0.717, 1.165) is 16.9 Å². The number of nitrogen functional groups attached to an aromatic ring is 1. The number of anilines is 1. The van der Waals surface area contributed by atoms with Crippen LogP contribution in [0.2, 0.25) is 0 Å². The average Bonchev–Trinajstić information content (AvgIpc) is 2.56. The van der Waals surface area contributed by atoms with Crippen molar-refractivity contribution in [2.24, 2.45) is 0 Å². The summed E-state index contributed by atoms with van der Waals surface area (Å²) in [6.07, 6.45) is 3.82. The second-order valence-electron chi connectivity index (χ2n) is 3.51. The Morgan fingerprint density at radius 2 is 2.07 bits per heavy atom. The quantitative estimate of drug-likeness (QED) is 0.694. The number of hydrogen-bond donors (Lipinski definition) is 1. The summed E-state index contributed by atoms with van der Waals surface area (Å²) in [5.74, 6) is 0. The first-order chi connectivity index (χ1) is 6.66. The third-order valence-electron chi connectivity index (χ3n) is 2.19. The normalized spacial score (nSPS) is 10.4. The van der Waals surface area contributed by atoms with Gasteiger partial charge in [-0.2, -0.15) is 5.10 Å². The van der Waals surface area contributed by atoms with Gasteiger partial charge < -0.3 is 5.73 Å². The van der Waals surface area contributed by atoms with Crippen LogP contribution in [0.3, 0.4) is 0 Å². The van der Waals surface area contributed by atoms with E-state index in [9.17, 15) is 0 Å².